The summed E-state index contributed by atoms with van der Waals surface area (Å²) in [5, 5.41) is 33.3. The molecule has 5 nitrogen and oxygen atoms in total. The van der Waals surface area contributed by atoms with E-state index in [0.29, 0.717) is 6.42 Å². The molecule has 0 saturated carbocycles. The SMILES string of the molecule is CCCCCCCCCCCCCCCCCCCCCC/C=C/C(O)C(CO)NC(=O)CC(O)CCCCCCCCCCCCCCCC. The fourth-order valence-electron chi connectivity index (χ4n) is 7.28. The average Bonchev–Trinajstić information content (AvgIpc) is 3.12. The van der Waals surface area contributed by atoms with Crippen molar-refractivity contribution in [3.63, 3.8) is 0 Å². The quantitative estimate of drug-likeness (QED) is 0.0373. The predicted octanol–water partition coefficient (Wildman–Crippen LogP) is 13.2. The number of amides is 1. The van der Waals surface area contributed by atoms with Crippen molar-refractivity contribution in [3.05, 3.63) is 12.2 Å². The Hall–Kier alpha value is -0.910. The second-order valence-electron chi connectivity index (χ2n) is 16.0. The first-order valence-electron chi connectivity index (χ1n) is 23.0. The molecule has 0 aliphatic heterocycles. The molecule has 0 saturated heterocycles. The van der Waals surface area contributed by atoms with Gasteiger partial charge in [0.15, 0.2) is 0 Å². The van der Waals surface area contributed by atoms with Crippen molar-refractivity contribution in [2.75, 3.05) is 6.61 Å². The van der Waals surface area contributed by atoms with Crippen LogP contribution in [0.3, 0.4) is 0 Å². The lowest BCUT2D eigenvalue weighted by Crippen LogP contribution is -2.45. The lowest BCUT2D eigenvalue weighted by molar-refractivity contribution is -0.124. The zero-order chi connectivity index (χ0) is 37.3. The molecule has 0 aromatic heterocycles. The minimum Gasteiger partial charge on any atom is -0.394 e. The number of carbonyl (C=O) groups excluding carboxylic acids is 1. The highest BCUT2D eigenvalue weighted by Crippen LogP contribution is 2.17. The maximum absolute atomic E-state index is 12.4. The zero-order valence-electron chi connectivity index (χ0n) is 34.5. The summed E-state index contributed by atoms with van der Waals surface area (Å²) in [6.45, 7) is 4.23. The smallest absolute Gasteiger partial charge is 0.222 e. The van der Waals surface area contributed by atoms with Crippen LogP contribution in [0.4, 0.5) is 0 Å². The summed E-state index contributed by atoms with van der Waals surface area (Å²) in [4.78, 5) is 12.4. The number of hydrogen-bond acceptors (Lipinski definition) is 4. The molecule has 0 rings (SSSR count). The minimum atomic E-state index is -0.924. The Morgan fingerprint density at radius 1 is 0.490 bits per heavy atom. The number of carbonyl (C=O) groups is 1. The Kier molecular flexibility index (Phi) is 41.1. The standard InChI is InChI=1S/C46H91NO4/c1-3-5-7-9-11-13-15-17-19-20-21-22-23-24-25-26-28-30-32-34-36-38-40-45(50)44(42-48)47-46(51)41-43(49)39-37-35-33-31-29-27-18-16-14-12-10-8-6-4-2/h38,40,43-45,48-50H,3-37,39,41-42H2,1-2H3,(H,47,51)/b40-38+. The Bertz CT molecular complexity index is 713. The first-order valence-corrected chi connectivity index (χ1v) is 23.0. The average molecular weight is 722 g/mol. The van der Waals surface area contributed by atoms with Gasteiger partial charge >= 0.3 is 0 Å². The van der Waals surface area contributed by atoms with Gasteiger partial charge in [-0.25, -0.2) is 0 Å². The van der Waals surface area contributed by atoms with E-state index in [1.54, 1.807) is 6.08 Å². The van der Waals surface area contributed by atoms with E-state index in [1.807, 2.05) is 6.08 Å². The number of aliphatic hydroxyl groups is 3. The monoisotopic (exact) mass is 722 g/mol. The van der Waals surface area contributed by atoms with E-state index in [1.165, 1.54) is 199 Å². The number of hydrogen-bond donors (Lipinski definition) is 4. The van der Waals surface area contributed by atoms with E-state index in [9.17, 15) is 20.1 Å². The molecule has 304 valence electrons. The van der Waals surface area contributed by atoms with Crippen molar-refractivity contribution in [2.24, 2.45) is 0 Å². The summed E-state index contributed by atoms with van der Waals surface area (Å²) in [6, 6.07) is -0.739. The Balaban J connectivity index is 3.61. The summed E-state index contributed by atoms with van der Waals surface area (Å²) in [5.74, 6) is -0.312. The second kappa shape index (κ2) is 41.8. The predicted molar refractivity (Wildman–Crippen MR) is 222 cm³/mol. The molecule has 0 fully saturated rings. The van der Waals surface area contributed by atoms with Gasteiger partial charge in [-0.3, -0.25) is 4.79 Å². The number of unbranched alkanes of at least 4 members (excludes halogenated alkanes) is 33. The molecule has 4 N–H and O–H groups in total. The van der Waals surface area contributed by atoms with E-state index in [0.717, 1.165) is 25.7 Å². The summed E-state index contributed by atoms with van der Waals surface area (Å²) in [7, 11) is 0. The van der Waals surface area contributed by atoms with Crippen LogP contribution in [-0.4, -0.2) is 46.1 Å². The molecule has 0 aromatic rings. The molecular weight excluding hydrogens is 631 g/mol. The summed E-state index contributed by atoms with van der Waals surface area (Å²) in [5.41, 5.74) is 0. The van der Waals surface area contributed by atoms with Gasteiger partial charge in [0.25, 0.3) is 0 Å². The lowest BCUT2D eigenvalue weighted by atomic mass is 10.0. The van der Waals surface area contributed by atoms with Crippen LogP contribution in [0.15, 0.2) is 12.2 Å². The van der Waals surface area contributed by atoms with Crippen molar-refractivity contribution in [3.8, 4) is 0 Å². The van der Waals surface area contributed by atoms with Gasteiger partial charge in [0.05, 0.1) is 31.3 Å². The normalized spacial score (nSPS) is 13.6. The molecule has 0 heterocycles. The van der Waals surface area contributed by atoms with Crippen LogP contribution in [0.25, 0.3) is 0 Å². The fraction of sp³-hybridized carbons (Fsp3) is 0.935. The highest BCUT2D eigenvalue weighted by atomic mass is 16.3. The molecule has 0 spiro atoms. The largest absolute Gasteiger partial charge is 0.394 e. The molecule has 0 aromatic carbocycles. The van der Waals surface area contributed by atoms with Crippen molar-refractivity contribution in [1.82, 2.24) is 5.32 Å². The molecule has 0 aliphatic carbocycles. The van der Waals surface area contributed by atoms with Gasteiger partial charge < -0.3 is 20.6 Å². The molecule has 0 aliphatic rings. The summed E-state index contributed by atoms with van der Waals surface area (Å²) < 4.78 is 0. The Morgan fingerprint density at radius 2 is 0.804 bits per heavy atom. The van der Waals surface area contributed by atoms with Crippen LogP contribution >= 0.6 is 0 Å². The maximum Gasteiger partial charge on any atom is 0.222 e. The molecule has 51 heavy (non-hydrogen) atoms. The van der Waals surface area contributed by atoms with E-state index in [2.05, 4.69) is 19.2 Å². The maximum atomic E-state index is 12.4. The van der Waals surface area contributed by atoms with Crippen LogP contribution in [0.1, 0.15) is 251 Å². The third-order valence-electron chi connectivity index (χ3n) is 10.8. The van der Waals surface area contributed by atoms with Gasteiger partial charge in [-0.1, -0.05) is 238 Å². The topological polar surface area (TPSA) is 89.8 Å². The molecule has 3 atom stereocenters. The zero-order valence-corrected chi connectivity index (χ0v) is 34.5. The minimum absolute atomic E-state index is 0.0186. The second-order valence-corrected chi connectivity index (χ2v) is 16.0. The molecule has 3 unspecified atom stereocenters. The molecule has 5 heteroatoms. The van der Waals surface area contributed by atoms with Gasteiger partial charge in [-0.05, 0) is 19.3 Å². The van der Waals surface area contributed by atoms with Crippen molar-refractivity contribution in [2.45, 2.75) is 270 Å². The summed E-state index contributed by atoms with van der Waals surface area (Å²) in [6.07, 6.45) is 49.3. The van der Waals surface area contributed by atoms with Crippen LogP contribution < -0.4 is 5.32 Å². The first kappa shape index (κ1) is 50.1. The van der Waals surface area contributed by atoms with Crippen molar-refractivity contribution in [1.29, 1.82) is 0 Å². The first-order chi connectivity index (χ1) is 25.0. The van der Waals surface area contributed by atoms with Crippen LogP contribution in [0, 0.1) is 0 Å². The summed E-state index contributed by atoms with van der Waals surface area (Å²) >= 11 is 0. The van der Waals surface area contributed by atoms with Gasteiger partial charge in [-0.2, -0.15) is 0 Å². The molecule has 0 radical (unpaired) electrons. The number of nitrogens with one attached hydrogen (secondary N) is 1. The third kappa shape index (κ3) is 38.6. The fourth-order valence-corrected chi connectivity index (χ4v) is 7.28. The van der Waals surface area contributed by atoms with Crippen molar-refractivity contribution < 1.29 is 20.1 Å². The van der Waals surface area contributed by atoms with Gasteiger partial charge in [0.2, 0.25) is 5.91 Å². The van der Waals surface area contributed by atoms with Crippen LogP contribution in [-0.2, 0) is 4.79 Å². The molecule has 1 amide bonds. The molecular formula is C46H91NO4. The molecule has 0 bridgehead atoms. The number of allylic oxidation sites excluding steroid dienone is 1. The van der Waals surface area contributed by atoms with Gasteiger partial charge in [0, 0.05) is 0 Å². The van der Waals surface area contributed by atoms with Gasteiger partial charge in [0.1, 0.15) is 0 Å². The number of rotatable bonds is 42. The van der Waals surface area contributed by atoms with Crippen LogP contribution in [0.5, 0.6) is 0 Å². The van der Waals surface area contributed by atoms with Gasteiger partial charge in [-0.15, -0.1) is 0 Å². The Labute approximate surface area is 319 Å². The van der Waals surface area contributed by atoms with Crippen LogP contribution in [0.2, 0.25) is 0 Å². The van der Waals surface area contributed by atoms with E-state index >= 15 is 0 Å². The number of aliphatic hydroxyl groups excluding tert-OH is 3. The van der Waals surface area contributed by atoms with E-state index < -0.39 is 18.2 Å². The van der Waals surface area contributed by atoms with E-state index in [4.69, 9.17) is 0 Å². The lowest BCUT2D eigenvalue weighted by Gasteiger charge is -2.21. The highest BCUT2D eigenvalue weighted by molar-refractivity contribution is 5.76. The third-order valence-corrected chi connectivity index (χ3v) is 10.8. The highest BCUT2D eigenvalue weighted by Gasteiger charge is 2.20. The van der Waals surface area contributed by atoms with Crippen molar-refractivity contribution >= 4 is 5.91 Å². The van der Waals surface area contributed by atoms with E-state index in [-0.39, 0.29) is 18.9 Å². The Morgan fingerprint density at radius 3 is 1.14 bits per heavy atom.